The van der Waals surface area contributed by atoms with Crippen molar-refractivity contribution in [3.63, 3.8) is 0 Å². The van der Waals surface area contributed by atoms with Crippen molar-refractivity contribution in [1.29, 1.82) is 0 Å². The van der Waals surface area contributed by atoms with E-state index < -0.39 is 0 Å². The van der Waals surface area contributed by atoms with Crippen LogP contribution in [0.1, 0.15) is 20.8 Å². The van der Waals surface area contributed by atoms with Crippen LogP contribution in [0.15, 0.2) is 48.8 Å². The van der Waals surface area contributed by atoms with Crippen molar-refractivity contribution in [2.75, 3.05) is 31.1 Å². The van der Waals surface area contributed by atoms with Gasteiger partial charge in [-0.3, -0.25) is 9.88 Å². The first-order valence-electron chi connectivity index (χ1n) is 9.32. The van der Waals surface area contributed by atoms with Crippen LogP contribution in [0.25, 0.3) is 0 Å². The van der Waals surface area contributed by atoms with Gasteiger partial charge in [-0.15, -0.1) is 0 Å². The summed E-state index contributed by atoms with van der Waals surface area (Å²) in [6.45, 7) is 10.6. The molecule has 140 valence electrons. The molecule has 1 aliphatic heterocycles. The lowest BCUT2D eigenvalue weighted by molar-refractivity contribution is -0.0706. The highest BCUT2D eigenvalue weighted by Gasteiger charge is 2.24. The minimum atomic E-state index is 0.301. The fourth-order valence-corrected chi connectivity index (χ4v) is 3.96. The molecule has 1 aromatic heterocycles. The summed E-state index contributed by atoms with van der Waals surface area (Å²) < 4.78 is 5.86. The van der Waals surface area contributed by atoms with E-state index in [-0.39, 0.29) is 0 Å². The van der Waals surface area contributed by atoms with Crippen molar-refractivity contribution < 1.29 is 4.74 Å². The summed E-state index contributed by atoms with van der Waals surface area (Å²) in [6.07, 6.45) is 4.27. The van der Waals surface area contributed by atoms with E-state index in [4.69, 9.17) is 16.3 Å². The maximum absolute atomic E-state index is 6.24. The van der Waals surface area contributed by atoms with Crippen LogP contribution in [0.4, 0.5) is 11.4 Å². The van der Waals surface area contributed by atoms with Crippen molar-refractivity contribution >= 4 is 23.0 Å². The summed E-state index contributed by atoms with van der Waals surface area (Å²) in [7, 11) is 0. The minimum absolute atomic E-state index is 0.301. The Morgan fingerprint density at radius 3 is 2.50 bits per heavy atom. The third-order valence-corrected chi connectivity index (χ3v) is 4.89. The molecule has 3 unspecified atom stereocenters. The molecule has 2 aromatic rings. The van der Waals surface area contributed by atoms with E-state index in [1.807, 2.05) is 42.7 Å². The van der Waals surface area contributed by atoms with E-state index in [2.05, 4.69) is 41.6 Å². The Balaban J connectivity index is 1.73. The van der Waals surface area contributed by atoms with Crippen LogP contribution in [0.5, 0.6) is 0 Å². The van der Waals surface area contributed by atoms with Crippen LogP contribution in [-0.4, -0.2) is 48.3 Å². The van der Waals surface area contributed by atoms with Gasteiger partial charge >= 0.3 is 0 Å². The second kappa shape index (κ2) is 8.85. The van der Waals surface area contributed by atoms with Gasteiger partial charge in [-0.2, -0.15) is 0 Å². The third kappa shape index (κ3) is 5.19. The lowest BCUT2D eigenvalue weighted by atomic mass is 10.1. The normalized spacial score (nSPS) is 22.2. The predicted octanol–water partition coefficient (Wildman–Crippen LogP) is 4.62. The number of anilines is 2. The van der Waals surface area contributed by atoms with E-state index in [0.29, 0.717) is 18.1 Å². The molecule has 1 saturated heterocycles. The maximum atomic E-state index is 6.24. The lowest BCUT2D eigenvalue weighted by Gasteiger charge is -2.37. The van der Waals surface area contributed by atoms with Gasteiger partial charge in [-0.25, -0.2) is 0 Å². The molecule has 26 heavy (non-hydrogen) atoms. The number of benzene rings is 1. The number of rotatable bonds is 6. The van der Waals surface area contributed by atoms with Crippen LogP contribution in [0.2, 0.25) is 5.02 Å². The number of ether oxygens (including phenoxy) is 1. The molecule has 5 heteroatoms. The van der Waals surface area contributed by atoms with Gasteiger partial charge < -0.3 is 9.64 Å². The molecule has 0 N–H and O–H groups in total. The van der Waals surface area contributed by atoms with Gasteiger partial charge in [-0.05, 0) is 50.1 Å². The molecular weight excluding hydrogens is 346 g/mol. The number of halogens is 1. The summed E-state index contributed by atoms with van der Waals surface area (Å²) >= 11 is 6.24. The summed E-state index contributed by atoms with van der Waals surface area (Å²) in [5, 5.41) is 0.755. The largest absolute Gasteiger partial charge is 0.373 e. The average molecular weight is 374 g/mol. The zero-order valence-electron chi connectivity index (χ0n) is 15.8. The van der Waals surface area contributed by atoms with E-state index in [1.54, 1.807) is 0 Å². The molecule has 0 radical (unpaired) electrons. The number of nitrogens with zero attached hydrogens (tertiary/aromatic N) is 3. The number of aromatic nitrogens is 1. The van der Waals surface area contributed by atoms with Gasteiger partial charge in [0.05, 0.1) is 12.2 Å². The van der Waals surface area contributed by atoms with E-state index in [1.165, 1.54) is 0 Å². The first kappa shape index (κ1) is 19.2. The highest BCUT2D eigenvalue weighted by Crippen LogP contribution is 2.28. The van der Waals surface area contributed by atoms with E-state index >= 15 is 0 Å². The molecular formula is C21H28ClN3O. The predicted molar refractivity (Wildman–Crippen MR) is 108 cm³/mol. The Hall–Kier alpha value is -1.62. The number of morpholine rings is 1. The van der Waals surface area contributed by atoms with Crippen molar-refractivity contribution in [1.82, 2.24) is 9.88 Å². The molecule has 0 saturated carbocycles. The highest BCUT2D eigenvalue weighted by atomic mass is 35.5. The minimum Gasteiger partial charge on any atom is -0.373 e. The van der Waals surface area contributed by atoms with Crippen molar-refractivity contribution in [3.8, 4) is 0 Å². The highest BCUT2D eigenvalue weighted by molar-refractivity contribution is 6.30. The number of pyridine rings is 1. The van der Waals surface area contributed by atoms with Gasteiger partial charge in [0.2, 0.25) is 0 Å². The fourth-order valence-electron chi connectivity index (χ4n) is 3.77. The van der Waals surface area contributed by atoms with Crippen LogP contribution < -0.4 is 4.90 Å². The Kier molecular flexibility index (Phi) is 6.52. The van der Waals surface area contributed by atoms with Gasteiger partial charge in [0.25, 0.3) is 0 Å². The first-order chi connectivity index (χ1) is 12.5. The molecule has 0 spiro atoms. The van der Waals surface area contributed by atoms with Crippen LogP contribution in [-0.2, 0) is 4.74 Å². The second-order valence-electron chi connectivity index (χ2n) is 7.38. The topological polar surface area (TPSA) is 28.6 Å². The summed E-state index contributed by atoms with van der Waals surface area (Å²) in [5.41, 5.74) is 2.25. The Morgan fingerprint density at radius 2 is 1.85 bits per heavy atom. The van der Waals surface area contributed by atoms with Gasteiger partial charge in [0.15, 0.2) is 0 Å². The summed E-state index contributed by atoms with van der Waals surface area (Å²) in [6, 6.07) is 12.1. The smallest absolute Gasteiger partial charge is 0.0678 e. The van der Waals surface area contributed by atoms with Crippen LogP contribution in [0, 0.1) is 5.92 Å². The van der Waals surface area contributed by atoms with E-state index in [0.717, 1.165) is 42.6 Å². The zero-order valence-corrected chi connectivity index (χ0v) is 16.6. The molecule has 0 aliphatic carbocycles. The third-order valence-electron chi connectivity index (χ3n) is 4.65. The maximum Gasteiger partial charge on any atom is 0.0678 e. The van der Waals surface area contributed by atoms with Crippen molar-refractivity contribution in [3.05, 3.63) is 53.8 Å². The van der Waals surface area contributed by atoms with Crippen molar-refractivity contribution in [2.45, 2.75) is 33.0 Å². The van der Waals surface area contributed by atoms with E-state index in [9.17, 15) is 0 Å². The SMILES string of the molecule is CC(CN1CC(C)OC(C)C1)CN(c1ccncc1)c1cccc(Cl)c1. The fraction of sp³-hybridized carbons (Fsp3) is 0.476. The molecule has 0 amide bonds. The molecule has 3 atom stereocenters. The van der Waals surface area contributed by atoms with Crippen LogP contribution >= 0.6 is 11.6 Å². The molecule has 1 aromatic carbocycles. The average Bonchev–Trinajstić information content (AvgIpc) is 2.59. The van der Waals surface area contributed by atoms with Crippen LogP contribution in [0.3, 0.4) is 0 Å². The standard InChI is InChI=1S/C21H28ClN3O/c1-16(12-24-14-17(2)26-18(3)15-24)13-25(20-7-9-23-10-8-20)21-6-4-5-19(22)11-21/h4-11,16-18H,12-15H2,1-3H3. The molecule has 3 rings (SSSR count). The Morgan fingerprint density at radius 1 is 1.15 bits per heavy atom. The quantitative estimate of drug-likeness (QED) is 0.738. The molecule has 0 bridgehead atoms. The second-order valence-corrected chi connectivity index (χ2v) is 7.81. The summed E-state index contributed by atoms with van der Waals surface area (Å²) in [5.74, 6) is 0.500. The molecule has 2 heterocycles. The number of hydrogen-bond donors (Lipinski definition) is 0. The summed E-state index contributed by atoms with van der Waals surface area (Å²) in [4.78, 5) is 9.00. The first-order valence-corrected chi connectivity index (χ1v) is 9.70. The van der Waals surface area contributed by atoms with Gasteiger partial charge in [-0.1, -0.05) is 24.6 Å². The van der Waals surface area contributed by atoms with Gasteiger partial charge in [0, 0.05) is 55.0 Å². The monoisotopic (exact) mass is 373 g/mol. The van der Waals surface area contributed by atoms with Gasteiger partial charge in [0.1, 0.15) is 0 Å². The van der Waals surface area contributed by atoms with Crippen molar-refractivity contribution in [2.24, 2.45) is 5.92 Å². The Labute approximate surface area is 161 Å². The Bertz CT molecular complexity index is 687. The lowest BCUT2D eigenvalue weighted by Crippen LogP contribution is -2.47. The molecule has 4 nitrogen and oxygen atoms in total. The zero-order chi connectivity index (χ0) is 18.5. The molecule has 1 fully saturated rings. The number of hydrogen-bond acceptors (Lipinski definition) is 4. The molecule has 1 aliphatic rings.